The lowest BCUT2D eigenvalue weighted by atomic mass is 10.0. The molecule has 0 radical (unpaired) electrons. The molecule has 3 aliphatic heterocycles. The number of ether oxygens (including phenoxy) is 1. The fourth-order valence-corrected chi connectivity index (χ4v) is 3.48. The number of carbonyl (C=O) groups is 3. The van der Waals surface area contributed by atoms with Gasteiger partial charge in [0.1, 0.15) is 0 Å². The van der Waals surface area contributed by atoms with Crippen LogP contribution >= 0.6 is 0 Å². The van der Waals surface area contributed by atoms with E-state index in [0.29, 0.717) is 24.3 Å². The minimum absolute atomic E-state index is 0.250. The highest BCUT2D eigenvalue weighted by Crippen LogP contribution is 2.30. The average molecular weight is 345 g/mol. The van der Waals surface area contributed by atoms with E-state index in [1.807, 2.05) is 0 Å². The zero-order chi connectivity index (χ0) is 17.9. The zero-order valence-electron chi connectivity index (χ0n) is 14.0. The fourth-order valence-electron chi connectivity index (χ4n) is 3.48. The molecule has 0 aromatic rings. The summed E-state index contributed by atoms with van der Waals surface area (Å²) >= 11 is 0. The number of carboxylic acid groups (broad SMARTS) is 2. The third-order valence-electron chi connectivity index (χ3n) is 4.48. The Hall–Kier alpha value is -1.71. The maximum atomic E-state index is 12.3. The van der Waals surface area contributed by atoms with E-state index in [1.54, 1.807) is 0 Å². The Kier molecular flexibility index (Phi) is 9.28. The third kappa shape index (κ3) is 6.42. The Morgan fingerprint density at radius 1 is 1.04 bits per heavy atom. The van der Waals surface area contributed by atoms with Crippen LogP contribution in [0.15, 0.2) is 0 Å². The summed E-state index contributed by atoms with van der Waals surface area (Å²) in [5.41, 5.74) is 0. The van der Waals surface area contributed by atoms with Crippen molar-refractivity contribution in [2.75, 3.05) is 66.1 Å². The molecule has 2 atom stereocenters. The van der Waals surface area contributed by atoms with Crippen LogP contribution in [0.1, 0.15) is 0 Å². The van der Waals surface area contributed by atoms with Gasteiger partial charge in [0.2, 0.25) is 5.91 Å². The Morgan fingerprint density at radius 3 is 1.96 bits per heavy atom. The van der Waals surface area contributed by atoms with Crippen molar-refractivity contribution in [2.45, 2.75) is 0 Å². The summed E-state index contributed by atoms with van der Waals surface area (Å²) in [5.74, 6) is 1.74. The number of morpholine rings is 1. The summed E-state index contributed by atoms with van der Waals surface area (Å²) in [7, 11) is 2.18. The van der Waals surface area contributed by atoms with Crippen LogP contribution in [-0.4, -0.2) is 110 Å². The molecule has 9 nitrogen and oxygen atoms in total. The van der Waals surface area contributed by atoms with E-state index in [9.17, 15) is 4.79 Å². The first-order valence-electron chi connectivity index (χ1n) is 7.97. The van der Waals surface area contributed by atoms with Crippen molar-refractivity contribution in [3.8, 4) is 0 Å². The number of hydrogen-bond donors (Lipinski definition) is 2. The van der Waals surface area contributed by atoms with Gasteiger partial charge in [-0.15, -0.1) is 0 Å². The van der Waals surface area contributed by atoms with Crippen molar-refractivity contribution < 1.29 is 29.3 Å². The van der Waals surface area contributed by atoms with Crippen LogP contribution in [0.3, 0.4) is 0 Å². The van der Waals surface area contributed by atoms with Crippen LogP contribution in [0.4, 0.5) is 0 Å². The van der Waals surface area contributed by atoms with Gasteiger partial charge in [-0.05, 0) is 18.9 Å². The third-order valence-corrected chi connectivity index (χ3v) is 4.48. The molecule has 3 aliphatic rings. The molecule has 3 saturated heterocycles. The first kappa shape index (κ1) is 20.3. The van der Waals surface area contributed by atoms with Gasteiger partial charge in [-0.3, -0.25) is 19.3 Å². The fraction of sp³-hybridized carbons (Fsp3) is 0.800. The second-order valence-electron chi connectivity index (χ2n) is 6.14. The Balaban J connectivity index is 0.000000423. The van der Waals surface area contributed by atoms with Gasteiger partial charge in [0, 0.05) is 39.3 Å². The number of hydrogen-bond acceptors (Lipinski definition) is 6. The number of carbonyl (C=O) groups excluding carboxylic acids is 1. The molecule has 24 heavy (non-hydrogen) atoms. The molecule has 3 rings (SSSR count). The molecule has 9 heteroatoms. The smallest absolute Gasteiger partial charge is 0.290 e. The van der Waals surface area contributed by atoms with E-state index in [-0.39, 0.29) is 12.9 Å². The monoisotopic (exact) mass is 345 g/mol. The van der Waals surface area contributed by atoms with E-state index in [2.05, 4.69) is 21.7 Å². The summed E-state index contributed by atoms with van der Waals surface area (Å²) in [6.07, 6.45) is 0. The van der Waals surface area contributed by atoms with Crippen LogP contribution in [0.25, 0.3) is 0 Å². The highest BCUT2D eigenvalue weighted by atomic mass is 16.5. The standard InChI is InChI=1S/C13H23N3O2.2CH2O2/c1-14-6-11-8-16(9-12(11)7-14)13(17)10-15-2-4-18-5-3-15;2*2-1-3/h11-12H,2-10H2,1H3;2*1H,(H,2,3)/t11-,12+;;. The summed E-state index contributed by atoms with van der Waals surface area (Å²) in [5, 5.41) is 13.8. The number of rotatable bonds is 2. The molecule has 3 heterocycles. The van der Waals surface area contributed by atoms with Gasteiger partial charge in [0.05, 0.1) is 19.8 Å². The van der Waals surface area contributed by atoms with Gasteiger partial charge in [-0.1, -0.05) is 0 Å². The van der Waals surface area contributed by atoms with Crippen LogP contribution in [-0.2, 0) is 19.1 Å². The Morgan fingerprint density at radius 2 is 1.50 bits per heavy atom. The topological polar surface area (TPSA) is 111 Å². The summed E-state index contributed by atoms with van der Waals surface area (Å²) in [4.78, 5) is 35.7. The van der Waals surface area contributed by atoms with E-state index < -0.39 is 0 Å². The minimum atomic E-state index is -0.250. The van der Waals surface area contributed by atoms with Gasteiger partial charge in [-0.2, -0.15) is 0 Å². The molecule has 1 amide bonds. The van der Waals surface area contributed by atoms with E-state index in [4.69, 9.17) is 24.5 Å². The Bertz CT molecular complexity index is 383. The largest absolute Gasteiger partial charge is 0.483 e. The highest BCUT2D eigenvalue weighted by Gasteiger charge is 2.40. The van der Waals surface area contributed by atoms with Crippen molar-refractivity contribution in [1.82, 2.24) is 14.7 Å². The summed E-state index contributed by atoms with van der Waals surface area (Å²) < 4.78 is 5.31. The van der Waals surface area contributed by atoms with E-state index in [1.165, 1.54) is 0 Å². The van der Waals surface area contributed by atoms with Crippen LogP contribution in [0, 0.1) is 11.8 Å². The molecular weight excluding hydrogens is 318 g/mol. The van der Waals surface area contributed by atoms with Crippen LogP contribution in [0.2, 0.25) is 0 Å². The van der Waals surface area contributed by atoms with Gasteiger partial charge in [0.15, 0.2) is 0 Å². The number of amides is 1. The molecule has 0 unspecified atom stereocenters. The van der Waals surface area contributed by atoms with Crippen LogP contribution < -0.4 is 0 Å². The molecule has 0 aliphatic carbocycles. The zero-order valence-corrected chi connectivity index (χ0v) is 14.0. The van der Waals surface area contributed by atoms with Crippen molar-refractivity contribution in [3.63, 3.8) is 0 Å². The summed E-state index contributed by atoms with van der Waals surface area (Å²) in [6, 6.07) is 0. The van der Waals surface area contributed by atoms with Gasteiger partial charge in [-0.25, -0.2) is 0 Å². The lowest BCUT2D eigenvalue weighted by molar-refractivity contribution is -0.132. The SMILES string of the molecule is CN1C[C@@H]2CN(C(=O)CN3CCOCC3)C[C@@H]2C1.O=CO.O=CO. The lowest BCUT2D eigenvalue weighted by Crippen LogP contribution is -2.44. The molecule has 0 spiro atoms. The minimum Gasteiger partial charge on any atom is -0.483 e. The quantitative estimate of drug-likeness (QED) is 0.597. The second-order valence-corrected chi connectivity index (χ2v) is 6.14. The van der Waals surface area contributed by atoms with Crippen LogP contribution in [0.5, 0.6) is 0 Å². The molecule has 2 N–H and O–H groups in total. The molecule has 0 saturated carbocycles. The van der Waals surface area contributed by atoms with Gasteiger partial charge in [0.25, 0.3) is 12.9 Å². The van der Waals surface area contributed by atoms with Crippen molar-refractivity contribution in [2.24, 2.45) is 11.8 Å². The van der Waals surface area contributed by atoms with Crippen molar-refractivity contribution in [1.29, 1.82) is 0 Å². The number of likely N-dealkylation sites (tertiary alicyclic amines) is 2. The average Bonchev–Trinajstić information content (AvgIpc) is 3.07. The molecule has 0 aromatic carbocycles. The maximum absolute atomic E-state index is 12.3. The molecule has 3 fully saturated rings. The van der Waals surface area contributed by atoms with E-state index >= 15 is 0 Å². The molecule has 0 aromatic heterocycles. The number of fused-ring (bicyclic) bond motifs is 1. The second kappa shape index (κ2) is 11.0. The predicted molar refractivity (Wildman–Crippen MR) is 85.7 cm³/mol. The Labute approximate surface area is 141 Å². The first-order chi connectivity index (χ1) is 11.5. The van der Waals surface area contributed by atoms with Crippen molar-refractivity contribution in [3.05, 3.63) is 0 Å². The van der Waals surface area contributed by atoms with Gasteiger partial charge < -0.3 is 24.7 Å². The van der Waals surface area contributed by atoms with Crippen molar-refractivity contribution >= 4 is 18.9 Å². The molecular formula is C15H27N3O6. The summed E-state index contributed by atoms with van der Waals surface area (Å²) in [6.45, 7) is 7.67. The highest BCUT2D eigenvalue weighted by molar-refractivity contribution is 5.78. The normalized spacial score (nSPS) is 26.5. The van der Waals surface area contributed by atoms with E-state index in [0.717, 1.165) is 52.5 Å². The number of nitrogens with zero attached hydrogens (tertiary/aromatic N) is 3. The molecule has 138 valence electrons. The lowest BCUT2D eigenvalue weighted by Gasteiger charge is -2.28. The maximum Gasteiger partial charge on any atom is 0.290 e. The first-order valence-corrected chi connectivity index (χ1v) is 7.97. The predicted octanol–water partition coefficient (Wildman–Crippen LogP) is -1.26. The molecule has 0 bridgehead atoms. The van der Waals surface area contributed by atoms with Gasteiger partial charge >= 0.3 is 0 Å².